The van der Waals surface area contributed by atoms with Crippen molar-refractivity contribution < 1.29 is 40.3 Å². The first-order chi connectivity index (χ1) is 12.1. The molecule has 0 N–H and O–H groups in total. The Kier molecular flexibility index (Phi) is 5.58. The lowest BCUT2D eigenvalue weighted by molar-refractivity contribution is -0.142. The molecule has 140 valence electrons. The first kappa shape index (κ1) is 19.7. The molecule has 0 atom stereocenters. The van der Waals surface area contributed by atoms with Crippen LogP contribution < -0.4 is 4.74 Å². The SMILES string of the molecule is CCCc1ccc(C(=O)Oc2cc(F)c(C(F)(F)F)c(F)c2)c(F)c1F. The van der Waals surface area contributed by atoms with Gasteiger partial charge in [-0.15, -0.1) is 0 Å². The average Bonchev–Trinajstić information content (AvgIpc) is 2.49. The molecular weight excluding hydrogens is 369 g/mol. The van der Waals surface area contributed by atoms with Gasteiger partial charge in [0.2, 0.25) is 0 Å². The summed E-state index contributed by atoms with van der Waals surface area (Å²) in [6.45, 7) is 1.73. The van der Waals surface area contributed by atoms with E-state index in [1.54, 1.807) is 6.92 Å². The van der Waals surface area contributed by atoms with Crippen molar-refractivity contribution in [3.63, 3.8) is 0 Å². The van der Waals surface area contributed by atoms with Crippen LogP contribution >= 0.6 is 0 Å². The highest BCUT2D eigenvalue weighted by Gasteiger charge is 2.38. The maximum atomic E-state index is 13.9. The molecule has 26 heavy (non-hydrogen) atoms. The zero-order chi connectivity index (χ0) is 19.6. The first-order valence-corrected chi connectivity index (χ1v) is 7.31. The van der Waals surface area contributed by atoms with Crippen LogP contribution in [-0.4, -0.2) is 5.97 Å². The Morgan fingerprint density at radius 2 is 1.58 bits per heavy atom. The molecule has 0 heterocycles. The molecule has 2 aromatic rings. The number of rotatable bonds is 4. The Bertz CT molecular complexity index is 821. The number of esters is 1. The van der Waals surface area contributed by atoms with Crippen molar-refractivity contribution in [3.05, 3.63) is 64.2 Å². The van der Waals surface area contributed by atoms with E-state index in [1.807, 2.05) is 0 Å². The average molecular weight is 380 g/mol. The van der Waals surface area contributed by atoms with Crippen molar-refractivity contribution in [1.82, 2.24) is 0 Å². The Labute approximate surface area is 143 Å². The van der Waals surface area contributed by atoms with Crippen LogP contribution in [0.3, 0.4) is 0 Å². The topological polar surface area (TPSA) is 26.3 Å². The summed E-state index contributed by atoms with van der Waals surface area (Å²) < 4.78 is 96.6. The number of halogens is 7. The molecule has 0 unspecified atom stereocenters. The maximum absolute atomic E-state index is 13.9. The maximum Gasteiger partial charge on any atom is 0.422 e. The summed E-state index contributed by atoms with van der Waals surface area (Å²) in [6, 6.07) is 2.32. The van der Waals surface area contributed by atoms with Gasteiger partial charge in [0.25, 0.3) is 0 Å². The molecule has 2 nitrogen and oxygen atoms in total. The van der Waals surface area contributed by atoms with Gasteiger partial charge in [0.1, 0.15) is 22.9 Å². The van der Waals surface area contributed by atoms with Crippen LogP contribution in [0, 0.1) is 23.3 Å². The molecule has 0 spiro atoms. The molecule has 0 aromatic heterocycles. The van der Waals surface area contributed by atoms with Crippen LogP contribution in [0.1, 0.15) is 34.8 Å². The summed E-state index contributed by atoms with van der Waals surface area (Å²) in [7, 11) is 0. The van der Waals surface area contributed by atoms with Gasteiger partial charge in [-0.3, -0.25) is 0 Å². The van der Waals surface area contributed by atoms with Gasteiger partial charge in [-0.1, -0.05) is 19.4 Å². The molecule has 0 bridgehead atoms. The lowest BCUT2D eigenvalue weighted by Crippen LogP contribution is -2.15. The van der Waals surface area contributed by atoms with E-state index in [9.17, 15) is 35.5 Å². The quantitative estimate of drug-likeness (QED) is 0.402. The van der Waals surface area contributed by atoms with Crippen molar-refractivity contribution in [3.8, 4) is 5.75 Å². The van der Waals surface area contributed by atoms with Crippen molar-refractivity contribution >= 4 is 5.97 Å². The van der Waals surface area contributed by atoms with Crippen molar-refractivity contribution in [2.45, 2.75) is 25.9 Å². The van der Waals surface area contributed by atoms with Gasteiger partial charge in [-0.2, -0.15) is 13.2 Å². The molecular formula is C17H11F7O2. The lowest BCUT2D eigenvalue weighted by atomic mass is 10.1. The number of hydrogen-bond donors (Lipinski definition) is 0. The Morgan fingerprint density at radius 1 is 1.00 bits per heavy atom. The summed E-state index contributed by atoms with van der Waals surface area (Å²) in [4.78, 5) is 11.9. The van der Waals surface area contributed by atoms with Gasteiger partial charge >= 0.3 is 12.1 Å². The number of benzene rings is 2. The molecule has 0 aliphatic heterocycles. The van der Waals surface area contributed by atoms with Gasteiger partial charge in [0, 0.05) is 12.1 Å². The van der Waals surface area contributed by atoms with Crippen molar-refractivity contribution in [1.29, 1.82) is 0 Å². The van der Waals surface area contributed by atoms with Gasteiger partial charge < -0.3 is 4.74 Å². The van der Waals surface area contributed by atoms with Gasteiger partial charge in [-0.25, -0.2) is 22.4 Å². The third-order valence-electron chi connectivity index (χ3n) is 3.41. The highest BCUT2D eigenvalue weighted by atomic mass is 19.4. The van der Waals surface area contributed by atoms with E-state index in [2.05, 4.69) is 4.74 Å². The van der Waals surface area contributed by atoms with Crippen molar-refractivity contribution in [2.24, 2.45) is 0 Å². The minimum atomic E-state index is -5.29. The molecule has 0 radical (unpaired) electrons. The van der Waals surface area contributed by atoms with Crippen LogP contribution in [0.25, 0.3) is 0 Å². The summed E-state index contributed by atoms with van der Waals surface area (Å²) in [5, 5.41) is 0. The van der Waals surface area contributed by atoms with Crippen LogP contribution in [0.2, 0.25) is 0 Å². The summed E-state index contributed by atoms with van der Waals surface area (Å²) in [5.41, 5.74) is -2.99. The van der Waals surface area contributed by atoms with Crippen LogP contribution in [-0.2, 0) is 12.6 Å². The van der Waals surface area contributed by atoms with Gasteiger partial charge in [0.05, 0.1) is 5.56 Å². The second kappa shape index (κ2) is 7.35. The number of ether oxygens (including phenoxy) is 1. The normalized spacial score (nSPS) is 11.5. The summed E-state index contributed by atoms with van der Waals surface area (Å²) >= 11 is 0. The van der Waals surface area contributed by atoms with E-state index in [-0.39, 0.29) is 24.1 Å². The smallest absolute Gasteiger partial charge is 0.422 e. The van der Waals surface area contributed by atoms with Crippen molar-refractivity contribution in [2.75, 3.05) is 0 Å². The third kappa shape index (κ3) is 3.97. The fraction of sp³-hybridized carbons (Fsp3) is 0.235. The van der Waals surface area contributed by atoms with E-state index in [0.29, 0.717) is 6.42 Å². The summed E-state index contributed by atoms with van der Waals surface area (Å²) in [5.74, 6) is -9.24. The van der Waals surface area contributed by atoms with Crippen LogP contribution in [0.15, 0.2) is 24.3 Å². The van der Waals surface area contributed by atoms with E-state index in [4.69, 9.17) is 0 Å². The predicted molar refractivity (Wildman–Crippen MR) is 76.7 cm³/mol. The van der Waals surface area contributed by atoms with E-state index < -0.39 is 52.3 Å². The van der Waals surface area contributed by atoms with Gasteiger partial charge in [0.15, 0.2) is 11.6 Å². The standard InChI is InChI=1S/C17H11F7O2/c1-2-3-8-4-5-10(15(21)14(8)20)16(25)26-9-6-11(18)13(12(19)7-9)17(22,23)24/h4-7H,2-3H2,1H3. The minimum Gasteiger partial charge on any atom is -0.423 e. The Hall–Kier alpha value is -2.58. The second-order valence-corrected chi connectivity index (χ2v) is 5.30. The number of hydrogen-bond acceptors (Lipinski definition) is 2. The number of carbonyl (C=O) groups is 1. The monoisotopic (exact) mass is 380 g/mol. The van der Waals surface area contributed by atoms with E-state index >= 15 is 0 Å². The fourth-order valence-corrected chi connectivity index (χ4v) is 2.25. The molecule has 0 aliphatic carbocycles. The molecule has 0 fully saturated rings. The highest BCUT2D eigenvalue weighted by Crippen LogP contribution is 2.35. The minimum absolute atomic E-state index is 0.0215. The molecule has 0 amide bonds. The number of aryl methyl sites for hydroxylation is 1. The second-order valence-electron chi connectivity index (χ2n) is 5.30. The number of carbonyl (C=O) groups excluding carboxylic acids is 1. The molecule has 2 rings (SSSR count). The molecule has 9 heteroatoms. The molecule has 0 saturated heterocycles. The first-order valence-electron chi connectivity index (χ1n) is 7.31. The molecule has 0 saturated carbocycles. The van der Waals surface area contributed by atoms with E-state index in [1.165, 1.54) is 0 Å². The van der Waals surface area contributed by atoms with Crippen LogP contribution in [0.4, 0.5) is 30.7 Å². The lowest BCUT2D eigenvalue weighted by Gasteiger charge is -2.12. The zero-order valence-corrected chi connectivity index (χ0v) is 13.2. The van der Waals surface area contributed by atoms with Gasteiger partial charge in [-0.05, 0) is 18.1 Å². The third-order valence-corrected chi connectivity index (χ3v) is 3.41. The zero-order valence-electron chi connectivity index (χ0n) is 13.2. The largest absolute Gasteiger partial charge is 0.423 e. The van der Waals surface area contributed by atoms with Crippen LogP contribution in [0.5, 0.6) is 5.75 Å². The van der Waals surface area contributed by atoms with E-state index in [0.717, 1.165) is 12.1 Å². The molecule has 2 aromatic carbocycles. The Balaban J connectivity index is 2.33. The summed E-state index contributed by atoms with van der Waals surface area (Å²) in [6.07, 6.45) is -4.56. The number of alkyl halides is 3. The highest BCUT2D eigenvalue weighted by molar-refractivity contribution is 5.91. The molecule has 0 aliphatic rings. The fourth-order valence-electron chi connectivity index (χ4n) is 2.25. The predicted octanol–water partition coefficient (Wildman–Crippen LogP) is 5.43. The Morgan fingerprint density at radius 3 is 2.08 bits per heavy atom.